The van der Waals surface area contributed by atoms with Crippen LogP contribution in [0.3, 0.4) is 0 Å². The monoisotopic (exact) mass is 256 g/mol. The molecule has 0 unspecified atom stereocenters. The third-order valence-corrected chi connectivity index (χ3v) is 2.59. The van der Waals surface area contributed by atoms with Crippen molar-refractivity contribution in [2.75, 3.05) is 6.61 Å². The summed E-state index contributed by atoms with van der Waals surface area (Å²) in [5.74, 6) is 0.443. The highest BCUT2D eigenvalue weighted by Crippen LogP contribution is 2.17. The summed E-state index contributed by atoms with van der Waals surface area (Å²) >= 11 is 0. The second-order valence-corrected chi connectivity index (χ2v) is 3.93. The topological polar surface area (TPSA) is 51.2 Å². The minimum absolute atomic E-state index is 0.158. The maximum Gasteiger partial charge on any atom is 0.255 e. The first kappa shape index (κ1) is 13.1. The van der Waals surface area contributed by atoms with Crippen LogP contribution in [-0.2, 0) is 6.54 Å². The van der Waals surface area contributed by atoms with Gasteiger partial charge in [-0.05, 0) is 31.2 Å². The maximum absolute atomic E-state index is 12.1. The molecule has 19 heavy (non-hydrogen) atoms. The third-order valence-electron chi connectivity index (χ3n) is 2.59. The van der Waals surface area contributed by atoms with Crippen molar-refractivity contribution in [1.82, 2.24) is 10.3 Å². The van der Waals surface area contributed by atoms with Crippen LogP contribution in [0.5, 0.6) is 5.75 Å². The Balaban J connectivity index is 2.04. The zero-order chi connectivity index (χ0) is 13.5. The summed E-state index contributed by atoms with van der Waals surface area (Å²) in [7, 11) is 0. The van der Waals surface area contributed by atoms with E-state index in [1.54, 1.807) is 18.3 Å². The highest BCUT2D eigenvalue weighted by molar-refractivity contribution is 5.96. The van der Waals surface area contributed by atoms with Crippen molar-refractivity contribution in [2.45, 2.75) is 13.5 Å². The van der Waals surface area contributed by atoms with Gasteiger partial charge in [-0.15, -0.1) is 0 Å². The fourth-order valence-electron chi connectivity index (χ4n) is 1.70. The van der Waals surface area contributed by atoms with Crippen molar-refractivity contribution in [3.8, 4) is 5.75 Å². The van der Waals surface area contributed by atoms with Gasteiger partial charge in [-0.3, -0.25) is 9.78 Å². The van der Waals surface area contributed by atoms with Gasteiger partial charge in [0.2, 0.25) is 0 Å². The molecule has 2 aromatic rings. The molecule has 4 heteroatoms. The fraction of sp³-hybridized carbons (Fsp3) is 0.200. The molecule has 0 aliphatic heterocycles. The molecule has 0 saturated carbocycles. The molecule has 1 aromatic carbocycles. The molecular weight excluding hydrogens is 240 g/mol. The van der Waals surface area contributed by atoms with Gasteiger partial charge < -0.3 is 10.1 Å². The molecule has 1 N–H and O–H groups in total. The first-order chi connectivity index (χ1) is 9.31. The first-order valence-corrected chi connectivity index (χ1v) is 6.21. The van der Waals surface area contributed by atoms with Crippen molar-refractivity contribution < 1.29 is 9.53 Å². The van der Waals surface area contributed by atoms with Crippen LogP contribution in [0.25, 0.3) is 0 Å². The second-order valence-electron chi connectivity index (χ2n) is 3.93. The van der Waals surface area contributed by atoms with E-state index in [0.29, 0.717) is 24.5 Å². The van der Waals surface area contributed by atoms with Gasteiger partial charge in [0.1, 0.15) is 5.75 Å². The molecule has 1 heterocycles. The van der Waals surface area contributed by atoms with E-state index >= 15 is 0 Å². The molecule has 1 amide bonds. The minimum Gasteiger partial charge on any atom is -0.493 e. The predicted octanol–water partition coefficient (Wildman–Crippen LogP) is 2.41. The lowest BCUT2D eigenvalue weighted by Gasteiger charge is -2.10. The van der Waals surface area contributed by atoms with E-state index in [9.17, 15) is 4.79 Å². The fourth-order valence-corrected chi connectivity index (χ4v) is 1.70. The molecule has 98 valence electrons. The lowest BCUT2D eigenvalue weighted by Crippen LogP contribution is -2.23. The Labute approximate surface area is 112 Å². The van der Waals surface area contributed by atoms with E-state index in [0.717, 1.165) is 5.69 Å². The van der Waals surface area contributed by atoms with Crippen molar-refractivity contribution in [1.29, 1.82) is 0 Å². The number of amides is 1. The van der Waals surface area contributed by atoms with Crippen LogP contribution in [0.4, 0.5) is 0 Å². The summed E-state index contributed by atoms with van der Waals surface area (Å²) in [6.45, 7) is 2.83. The third kappa shape index (κ3) is 3.55. The number of para-hydroxylation sites is 1. The summed E-state index contributed by atoms with van der Waals surface area (Å²) in [5, 5.41) is 2.83. The molecule has 1 aromatic heterocycles. The Bertz CT molecular complexity index is 541. The van der Waals surface area contributed by atoms with Gasteiger partial charge in [0.25, 0.3) is 5.91 Å². The van der Waals surface area contributed by atoms with E-state index in [1.165, 1.54) is 0 Å². The average Bonchev–Trinajstić information content (AvgIpc) is 2.47. The SMILES string of the molecule is CCOc1ccccc1C(=O)NCc1ccccn1. The number of nitrogens with zero attached hydrogens (tertiary/aromatic N) is 1. The number of hydrogen-bond donors (Lipinski definition) is 1. The molecule has 0 saturated heterocycles. The second kappa shape index (κ2) is 6.54. The Morgan fingerprint density at radius 2 is 2.00 bits per heavy atom. The van der Waals surface area contributed by atoms with Gasteiger partial charge in [0.05, 0.1) is 24.4 Å². The number of rotatable bonds is 5. The standard InChI is InChI=1S/C15H16N2O2/c1-2-19-14-9-4-3-8-13(14)15(18)17-11-12-7-5-6-10-16-12/h3-10H,2,11H2,1H3,(H,17,18). The Morgan fingerprint density at radius 1 is 1.21 bits per heavy atom. The number of aromatic nitrogens is 1. The van der Waals surface area contributed by atoms with Crippen molar-refractivity contribution >= 4 is 5.91 Å². The highest BCUT2D eigenvalue weighted by atomic mass is 16.5. The van der Waals surface area contributed by atoms with Crippen molar-refractivity contribution in [3.05, 3.63) is 59.9 Å². The molecule has 0 spiro atoms. The average molecular weight is 256 g/mol. The van der Waals surface area contributed by atoms with Crippen LogP contribution in [-0.4, -0.2) is 17.5 Å². The zero-order valence-electron chi connectivity index (χ0n) is 10.8. The van der Waals surface area contributed by atoms with Crippen molar-refractivity contribution in [3.63, 3.8) is 0 Å². The normalized spacial score (nSPS) is 9.95. The molecule has 2 rings (SSSR count). The molecule has 0 bridgehead atoms. The number of ether oxygens (including phenoxy) is 1. The van der Waals surface area contributed by atoms with Crippen LogP contribution in [0.15, 0.2) is 48.7 Å². The lowest BCUT2D eigenvalue weighted by atomic mass is 10.2. The number of pyridine rings is 1. The van der Waals surface area contributed by atoms with Gasteiger partial charge in [-0.25, -0.2) is 0 Å². The van der Waals surface area contributed by atoms with Gasteiger partial charge >= 0.3 is 0 Å². The number of benzene rings is 1. The number of hydrogen-bond acceptors (Lipinski definition) is 3. The largest absolute Gasteiger partial charge is 0.493 e. The lowest BCUT2D eigenvalue weighted by molar-refractivity contribution is 0.0946. The summed E-state index contributed by atoms with van der Waals surface area (Å²) in [5.41, 5.74) is 1.37. The van der Waals surface area contributed by atoms with Crippen LogP contribution in [0.1, 0.15) is 23.0 Å². The van der Waals surface area contributed by atoms with Crippen LogP contribution in [0, 0.1) is 0 Å². The van der Waals surface area contributed by atoms with Gasteiger partial charge in [0.15, 0.2) is 0 Å². The smallest absolute Gasteiger partial charge is 0.255 e. The number of nitrogens with one attached hydrogen (secondary N) is 1. The zero-order valence-corrected chi connectivity index (χ0v) is 10.8. The number of carbonyl (C=O) groups excluding carboxylic acids is 1. The summed E-state index contributed by atoms with van der Waals surface area (Å²) in [4.78, 5) is 16.3. The molecule has 0 atom stereocenters. The van der Waals surface area contributed by atoms with Crippen LogP contribution in [0.2, 0.25) is 0 Å². The van der Waals surface area contributed by atoms with E-state index < -0.39 is 0 Å². The van der Waals surface area contributed by atoms with E-state index in [4.69, 9.17) is 4.74 Å². The van der Waals surface area contributed by atoms with Gasteiger partial charge in [-0.1, -0.05) is 18.2 Å². The summed E-state index contributed by atoms with van der Waals surface area (Å²) in [6, 6.07) is 12.8. The van der Waals surface area contributed by atoms with E-state index in [2.05, 4.69) is 10.3 Å². The highest BCUT2D eigenvalue weighted by Gasteiger charge is 2.11. The Morgan fingerprint density at radius 3 is 2.74 bits per heavy atom. The quantitative estimate of drug-likeness (QED) is 0.893. The first-order valence-electron chi connectivity index (χ1n) is 6.21. The van der Waals surface area contributed by atoms with Crippen molar-refractivity contribution in [2.24, 2.45) is 0 Å². The Kier molecular flexibility index (Phi) is 4.50. The Hall–Kier alpha value is -2.36. The summed E-state index contributed by atoms with van der Waals surface area (Å²) in [6.07, 6.45) is 1.70. The molecule has 0 radical (unpaired) electrons. The van der Waals surface area contributed by atoms with Gasteiger partial charge in [-0.2, -0.15) is 0 Å². The van der Waals surface area contributed by atoms with Crippen LogP contribution < -0.4 is 10.1 Å². The number of carbonyl (C=O) groups is 1. The molecule has 0 fully saturated rings. The molecule has 0 aliphatic carbocycles. The predicted molar refractivity (Wildman–Crippen MR) is 73.0 cm³/mol. The molecule has 0 aliphatic rings. The molecular formula is C15H16N2O2. The van der Waals surface area contributed by atoms with Crippen LogP contribution >= 0.6 is 0 Å². The van der Waals surface area contributed by atoms with E-state index in [1.807, 2.05) is 37.3 Å². The van der Waals surface area contributed by atoms with E-state index in [-0.39, 0.29) is 5.91 Å². The maximum atomic E-state index is 12.1. The minimum atomic E-state index is -0.158. The molecule has 4 nitrogen and oxygen atoms in total. The van der Waals surface area contributed by atoms with Gasteiger partial charge in [0, 0.05) is 6.20 Å². The summed E-state index contributed by atoms with van der Waals surface area (Å²) < 4.78 is 5.43.